The van der Waals surface area contributed by atoms with E-state index in [0.717, 1.165) is 0 Å². The molecule has 1 rings (SSSR count). The number of rotatable bonds is 6. The number of halogens is 1. The topological polar surface area (TPSA) is 66.7 Å². The van der Waals surface area contributed by atoms with Crippen molar-refractivity contribution in [1.29, 1.82) is 0 Å². The maximum absolute atomic E-state index is 12.6. The first kappa shape index (κ1) is 17.4. The van der Waals surface area contributed by atoms with Crippen molar-refractivity contribution in [2.75, 3.05) is 27.2 Å². The van der Waals surface area contributed by atoms with Crippen molar-refractivity contribution in [3.05, 3.63) is 38.9 Å². The molecule has 21 heavy (non-hydrogen) atoms. The quantitative estimate of drug-likeness (QED) is 0.598. The number of nitro groups is 1. The second-order valence-electron chi connectivity index (χ2n) is 5.10. The average Bonchev–Trinajstić information content (AvgIpc) is 2.38. The molecule has 116 valence electrons. The van der Waals surface area contributed by atoms with Gasteiger partial charge in [-0.15, -0.1) is 0 Å². The first-order valence-electron chi connectivity index (χ1n) is 6.68. The van der Waals surface area contributed by atoms with Gasteiger partial charge < -0.3 is 9.80 Å². The highest BCUT2D eigenvalue weighted by molar-refractivity contribution is 6.35. The van der Waals surface area contributed by atoms with Crippen LogP contribution in [0.15, 0.2) is 18.2 Å². The highest BCUT2D eigenvalue weighted by Crippen LogP contribution is 2.29. The summed E-state index contributed by atoms with van der Waals surface area (Å²) in [5.74, 6) is -0.291. The summed E-state index contributed by atoms with van der Waals surface area (Å²) in [5, 5.41) is 10.8. The Morgan fingerprint density at radius 3 is 2.52 bits per heavy atom. The van der Waals surface area contributed by atoms with Crippen molar-refractivity contribution < 1.29 is 9.72 Å². The van der Waals surface area contributed by atoms with E-state index in [1.807, 2.05) is 32.8 Å². The molecule has 0 aromatic heterocycles. The van der Waals surface area contributed by atoms with E-state index in [0.29, 0.717) is 13.1 Å². The van der Waals surface area contributed by atoms with Crippen LogP contribution in [0.2, 0.25) is 5.02 Å². The average molecular weight is 314 g/mol. The zero-order chi connectivity index (χ0) is 16.2. The van der Waals surface area contributed by atoms with Gasteiger partial charge in [-0.05, 0) is 34.0 Å². The van der Waals surface area contributed by atoms with Crippen LogP contribution in [0, 0.1) is 10.1 Å². The third kappa shape index (κ3) is 4.15. The standard InChI is InChI=1S/C14H20ClN3O3/c1-5-17(10(2)9-16(3)4)14(19)11-7-6-8-12(13(11)15)18(20)21/h6-8,10H,5,9H2,1-4H3. The van der Waals surface area contributed by atoms with Crippen molar-refractivity contribution in [3.8, 4) is 0 Å². The minimum atomic E-state index is -0.585. The Kier molecular flexibility index (Phi) is 6.11. The van der Waals surface area contributed by atoms with Gasteiger partial charge in [-0.3, -0.25) is 14.9 Å². The maximum atomic E-state index is 12.6. The molecule has 0 aliphatic carbocycles. The van der Waals surface area contributed by atoms with E-state index in [4.69, 9.17) is 11.6 Å². The van der Waals surface area contributed by atoms with Crippen LogP contribution in [0.3, 0.4) is 0 Å². The van der Waals surface area contributed by atoms with Crippen LogP contribution in [-0.2, 0) is 0 Å². The van der Waals surface area contributed by atoms with Crippen molar-refractivity contribution >= 4 is 23.2 Å². The molecule has 0 fully saturated rings. The second-order valence-corrected chi connectivity index (χ2v) is 5.48. The van der Waals surface area contributed by atoms with Crippen LogP contribution in [-0.4, -0.2) is 53.9 Å². The zero-order valence-electron chi connectivity index (χ0n) is 12.7. The molecule has 1 aromatic carbocycles. The monoisotopic (exact) mass is 313 g/mol. The van der Waals surface area contributed by atoms with E-state index >= 15 is 0 Å². The molecule has 0 spiro atoms. The lowest BCUT2D eigenvalue weighted by atomic mass is 10.1. The summed E-state index contributed by atoms with van der Waals surface area (Å²) in [6, 6.07) is 4.26. The van der Waals surface area contributed by atoms with Gasteiger partial charge in [0, 0.05) is 25.2 Å². The SMILES string of the molecule is CCN(C(=O)c1cccc([N+](=O)[O-])c1Cl)C(C)CN(C)C. The number of likely N-dealkylation sites (N-methyl/N-ethyl adjacent to an activating group) is 2. The molecule has 1 aromatic rings. The molecule has 0 N–H and O–H groups in total. The number of nitrogens with zero attached hydrogens (tertiary/aromatic N) is 3. The highest BCUT2D eigenvalue weighted by Gasteiger charge is 2.26. The van der Waals surface area contributed by atoms with Crippen molar-refractivity contribution in [2.24, 2.45) is 0 Å². The van der Waals surface area contributed by atoms with Crippen LogP contribution in [0.1, 0.15) is 24.2 Å². The molecule has 6 nitrogen and oxygen atoms in total. The Morgan fingerprint density at radius 1 is 1.43 bits per heavy atom. The summed E-state index contributed by atoms with van der Waals surface area (Å²) in [4.78, 5) is 26.6. The van der Waals surface area contributed by atoms with E-state index < -0.39 is 4.92 Å². The lowest BCUT2D eigenvalue weighted by Gasteiger charge is -2.30. The largest absolute Gasteiger partial charge is 0.335 e. The predicted octanol–water partition coefficient (Wildman–Crippen LogP) is 2.66. The minimum absolute atomic E-state index is 0.0205. The van der Waals surface area contributed by atoms with Gasteiger partial charge in [0.1, 0.15) is 5.02 Å². The molecular weight excluding hydrogens is 294 g/mol. The van der Waals surface area contributed by atoms with Crippen LogP contribution in [0.25, 0.3) is 0 Å². The van der Waals surface area contributed by atoms with Crippen LogP contribution in [0.4, 0.5) is 5.69 Å². The molecule has 7 heteroatoms. The molecule has 0 aliphatic rings. The summed E-state index contributed by atoms with van der Waals surface area (Å²) >= 11 is 6.01. The van der Waals surface area contributed by atoms with Crippen molar-refractivity contribution in [2.45, 2.75) is 19.9 Å². The number of amides is 1. The zero-order valence-corrected chi connectivity index (χ0v) is 13.4. The summed E-state index contributed by atoms with van der Waals surface area (Å²) in [5.41, 5.74) is -0.0860. The smallest absolute Gasteiger partial charge is 0.288 e. The second kappa shape index (κ2) is 7.38. The number of benzene rings is 1. The van der Waals surface area contributed by atoms with Gasteiger partial charge in [-0.2, -0.15) is 0 Å². The fraction of sp³-hybridized carbons (Fsp3) is 0.500. The van der Waals surface area contributed by atoms with Gasteiger partial charge >= 0.3 is 0 Å². The number of hydrogen-bond acceptors (Lipinski definition) is 4. The van der Waals surface area contributed by atoms with Crippen LogP contribution in [0.5, 0.6) is 0 Å². The molecule has 0 saturated carbocycles. The number of hydrogen-bond donors (Lipinski definition) is 0. The molecule has 0 saturated heterocycles. The van der Waals surface area contributed by atoms with Gasteiger partial charge in [-0.25, -0.2) is 0 Å². The Hall–Kier alpha value is -1.66. The van der Waals surface area contributed by atoms with Crippen LogP contribution < -0.4 is 0 Å². The third-order valence-corrected chi connectivity index (χ3v) is 3.57. The molecule has 1 amide bonds. The Morgan fingerprint density at radius 2 is 2.05 bits per heavy atom. The summed E-state index contributed by atoms with van der Waals surface area (Å²) < 4.78 is 0. The fourth-order valence-corrected chi connectivity index (χ4v) is 2.54. The first-order chi connectivity index (χ1) is 9.79. The normalized spacial score (nSPS) is 12.3. The molecular formula is C14H20ClN3O3. The molecule has 1 unspecified atom stereocenters. The Balaban J connectivity index is 3.11. The summed E-state index contributed by atoms with van der Waals surface area (Å²) in [7, 11) is 3.85. The molecule has 0 bridgehead atoms. The Bertz CT molecular complexity index is 534. The summed E-state index contributed by atoms with van der Waals surface area (Å²) in [6.45, 7) is 5.01. The first-order valence-corrected chi connectivity index (χ1v) is 7.06. The van der Waals surface area contributed by atoms with Crippen LogP contribution >= 0.6 is 11.6 Å². The lowest BCUT2D eigenvalue weighted by Crippen LogP contribution is -2.43. The van der Waals surface area contributed by atoms with E-state index in [2.05, 4.69) is 0 Å². The number of carbonyl (C=O) groups excluding carboxylic acids is 1. The van der Waals surface area contributed by atoms with Gasteiger partial charge in [0.25, 0.3) is 11.6 Å². The van der Waals surface area contributed by atoms with E-state index in [1.165, 1.54) is 18.2 Å². The van der Waals surface area contributed by atoms with Gasteiger partial charge in [0.2, 0.25) is 0 Å². The number of nitro benzene ring substituents is 1. The molecule has 1 atom stereocenters. The molecule has 0 aliphatic heterocycles. The number of carbonyl (C=O) groups is 1. The third-order valence-electron chi connectivity index (χ3n) is 3.17. The van der Waals surface area contributed by atoms with Crippen molar-refractivity contribution in [3.63, 3.8) is 0 Å². The van der Waals surface area contributed by atoms with Crippen molar-refractivity contribution in [1.82, 2.24) is 9.80 Å². The van der Waals surface area contributed by atoms with E-state index in [9.17, 15) is 14.9 Å². The Labute approximate surface area is 129 Å². The predicted molar refractivity (Wildman–Crippen MR) is 82.8 cm³/mol. The molecule has 0 heterocycles. The minimum Gasteiger partial charge on any atom is -0.335 e. The maximum Gasteiger partial charge on any atom is 0.288 e. The van der Waals surface area contributed by atoms with Gasteiger partial charge in [0.15, 0.2) is 0 Å². The van der Waals surface area contributed by atoms with E-state index in [1.54, 1.807) is 4.90 Å². The van der Waals surface area contributed by atoms with E-state index in [-0.39, 0.29) is 28.2 Å². The van der Waals surface area contributed by atoms with Gasteiger partial charge in [-0.1, -0.05) is 17.7 Å². The summed E-state index contributed by atoms with van der Waals surface area (Å²) in [6.07, 6.45) is 0. The molecule has 0 radical (unpaired) electrons. The van der Waals surface area contributed by atoms with Gasteiger partial charge in [0.05, 0.1) is 10.5 Å². The fourth-order valence-electron chi connectivity index (χ4n) is 2.26. The highest BCUT2D eigenvalue weighted by atomic mass is 35.5. The lowest BCUT2D eigenvalue weighted by molar-refractivity contribution is -0.384.